The fourth-order valence-corrected chi connectivity index (χ4v) is 0.454. The van der Waals surface area contributed by atoms with Crippen molar-refractivity contribution in [3.05, 3.63) is 0 Å². The average molecular weight is 110 g/mol. The summed E-state index contributed by atoms with van der Waals surface area (Å²) in [5, 5.41) is 2.56. The van der Waals surface area contributed by atoms with Crippen molar-refractivity contribution in [3.8, 4) is 12.3 Å². The molecule has 0 amide bonds. The molecule has 3 heteroatoms. The molecule has 44 valence electrons. The second-order valence-corrected chi connectivity index (χ2v) is 1.62. The van der Waals surface area contributed by atoms with Gasteiger partial charge in [-0.2, -0.15) is 0 Å². The first-order valence-electron chi connectivity index (χ1n) is 2.78. The Bertz CT molecular complexity index is 77.0. The van der Waals surface area contributed by atoms with Crippen molar-refractivity contribution < 1.29 is 0 Å². The summed E-state index contributed by atoms with van der Waals surface area (Å²) >= 11 is 0. The topological polar surface area (TPSA) is 38.0 Å². The summed E-state index contributed by atoms with van der Waals surface area (Å²) < 4.78 is 0. The lowest BCUT2D eigenvalue weighted by molar-refractivity contribution is 0.946. The number of terminal acetylenes is 1. The molecule has 0 aromatic carbocycles. The third kappa shape index (κ3) is 5.54. The lowest BCUT2D eigenvalue weighted by Gasteiger charge is -1.90. The molecule has 0 bridgehead atoms. The number of nitrogens with one attached hydrogen (secondary N) is 1. The number of hydrazine groups is 1. The lowest BCUT2D eigenvalue weighted by Crippen LogP contribution is -2.25. The highest BCUT2D eigenvalue weighted by atomic mass is 15.1. The molecule has 0 saturated carbocycles. The van der Waals surface area contributed by atoms with E-state index in [2.05, 4.69) is 11.3 Å². The van der Waals surface area contributed by atoms with Crippen LogP contribution < -0.4 is 11.2 Å². The molecule has 0 aliphatic rings. The SMILES string of the molecule is C#CCCCBNN. The van der Waals surface area contributed by atoms with Crippen LogP contribution in [-0.2, 0) is 0 Å². The second kappa shape index (κ2) is 6.54. The van der Waals surface area contributed by atoms with Gasteiger partial charge >= 0.3 is 0 Å². The lowest BCUT2D eigenvalue weighted by atomic mass is 9.88. The van der Waals surface area contributed by atoms with Crippen molar-refractivity contribution in [1.29, 1.82) is 0 Å². The Morgan fingerprint density at radius 3 is 3.00 bits per heavy atom. The van der Waals surface area contributed by atoms with Gasteiger partial charge in [0.1, 0.15) is 0 Å². The third-order valence-electron chi connectivity index (χ3n) is 0.892. The molecule has 3 N–H and O–H groups in total. The van der Waals surface area contributed by atoms with E-state index in [0.29, 0.717) is 0 Å². The zero-order valence-electron chi connectivity index (χ0n) is 4.98. The minimum Gasteiger partial charge on any atom is -0.304 e. The normalized spacial score (nSPS) is 8.00. The van der Waals surface area contributed by atoms with E-state index in [0.717, 1.165) is 26.6 Å². The molecule has 0 fully saturated rings. The van der Waals surface area contributed by atoms with Crippen LogP contribution in [0.2, 0.25) is 6.32 Å². The Kier molecular flexibility index (Phi) is 6.17. The Morgan fingerprint density at radius 1 is 1.75 bits per heavy atom. The van der Waals surface area contributed by atoms with Crippen LogP contribution in [0.4, 0.5) is 0 Å². The average Bonchev–Trinajstić information content (AvgIpc) is 1.81. The smallest absolute Gasteiger partial charge is 0.218 e. The van der Waals surface area contributed by atoms with E-state index in [1.54, 1.807) is 0 Å². The maximum atomic E-state index is 5.01. The van der Waals surface area contributed by atoms with Crippen LogP contribution in [-0.4, -0.2) is 7.41 Å². The van der Waals surface area contributed by atoms with E-state index in [-0.39, 0.29) is 0 Å². The number of hydrogen-bond donors (Lipinski definition) is 2. The minimum absolute atomic E-state index is 0.863. The number of rotatable bonds is 4. The van der Waals surface area contributed by atoms with Gasteiger partial charge in [-0.05, 0) is 6.42 Å². The molecule has 0 unspecified atom stereocenters. The van der Waals surface area contributed by atoms with Gasteiger partial charge in [-0.25, -0.2) is 0 Å². The van der Waals surface area contributed by atoms with Gasteiger partial charge in [0.15, 0.2) is 0 Å². The zero-order valence-corrected chi connectivity index (χ0v) is 4.98. The first-order chi connectivity index (χ1) is 3.91. The van der Waals surface area contributed by atoms with Crippen LogP contribution >= 0.6 is 0 Å². The Morgan fingerprint density at radius 2 is 2.50 bits per heavy atom. The molecule has 0 aliphatic carbocycles. The highest BCUT2D eigenvalue weighted by Crippen LogP contribution is 1.89. The molecule has 0 atom stereocenters. The number of hydrogen-bond acceptors (Lipinski definition) is 2. The van der Waals surface area contributed by atoms with Crippen LogP contribution in [0.3, 0.4) is 0 Å². The van der Waals surface area contributed by atoms with Gasteiger partial charge in [0.05, 0.1) is 0 Å². The summed E-state index contributed by atoms with van der Waals surface area (Å²) in [6.45, 7) is 0. The van der Waals surface area contributed by atoms with E-state index in [1.165, 1.54) is 0 Å². The Labute approximate surface area is 51.1 Å². The predicted octanol–water partition coefficient (Wildman–Crippen LogP) is -0.367. The summed E-state index contributed by atoms with van der Waals surface area (Å²) in [5.74, 6) is 7.57. The fourth-order valence-electron chi connectivity index (χ4n) is 0.454. The highest BCUT2D eigenvalue weighted by Gasteiger charge is 1.84. The van der Waals surface area contributed by atoms with Crippen molar-refractivity contribution in [2.45, 2.75) is 19.2 Å². The van der Waals surface area contributed by atoms with Crippen molar-refractivity contribution in [3.63, 3.8) is 0 Å². The molecular weight excluding hydrogens is 98.9 g/mol. The monoisotopic (exact) mass is 110 g/mol. The predicted molar refractivity (Wildman–Crippen MR) is 37.3 cm³/mol. The van der Waals surface area contributed by atoms with Crippen molar-refractivity contribution >= 4 is 7.41 Å². The molecule has 0 heterocycles. The minimum atomic E-state index is 0.863. The summed E-state index contributed by atoms with van der Waals surface area (Å²) in [7, 11) is 0.863. The molecule has 0 aromatic heterocycles. The first-order valence-corrected chi connectivity index (χ1v) is 2.78. The van der Waals surface area contributed by atoms with E-state index in [9.17, 15) is 0 Å². The fraction of sp³-hybridized carbons (Fsp3) is 0.600. The summed E-state index contributed by atoms with van der Waals surface area (Å²) in [6, 6.07) is 0. The standard InChI is InChI=1S/C5H11BN2/c1-2-3-4-5-6-8-7/h1,6,8H,3-5,7H2. The molecule has 0 spiro atoms. The van der Waals surface area contributed by atoms with Gasteiger partial charge in [0.2, 0.25) is 7.41 Å². The van der Waals surface area contributed by atoms with Crippen LogP contribution in [0, 0.1) is 12.3 Å². The van der Waals surface area contributed by atoms with Gasteiger partial charge in [0, 0.05) is 6.42 Å². The van der Waals surface area contributed by atoms with E-state index < -0.39 is 0 Å². The molecule has 0 radical (unpaired) electrons. The van der Waals surface area contributed by atoms with Gasteiger partial charge < -0.3 is 5.34 Å². The molecular formula is C5H11BN2. The number of nitrogens with two attached hydrogens (primary N) is 1. The van der Waals surface area contributed by atoms with Gasteiger partial charge in [-0.15, -0.1) is 12.3 Å². The molecule has 8 heavy (non-hydrogen) atoms. The van der Waals surface area contributed by atoms with Crippen LogP contribution in [0.5, 0.6) is 0 Å². The van der Waals surface area contributed by atoms with Crippen LogP contribution in [0.25, 0.3) is 0 Å². The van der Waals surface area contributed by atoms with Gasteiger partial charge in [0.25, 0.3) is 0 Å². The molecule has 2 nitrogen and oxygen atoms in total. The largest absolute Gasteiger partial charge is 0.304 e. The maximum absolute atomic E-state index is 5.01. The molecule has 0 rings (SSSR count). The van der Waals surface area contributed by atoms with Gasteiger partial charge in [-0.1, -0.05) is 6.32 Å². The molecule has 0 aromatic rings. The Hall–Kier alpha value is -0.455. The molecule has 0 aliphatic heterocycles. The van der Waals surface area contributed by atoms with E-state index >= 15 is 0 Å². The third-order valence-corrected chi connectivity index (χ3v) is 0.892. The first kappa shape index (κ1) is 7.54. The van der Waals surface area contributed by atoms with E-state index in [1.807, 2.05) is 0 Å². The van der Waals surface area contributed by atoms with E-state index in [4.69, 9.17) is 12.3 Å². The summed E-state index contributed by atoms with van der Waals surface area (Å²) in [4.78, 5) is 0. The summed E-state index contributed by atoms with van der Waals surface area (Å²) in [6.07, 6.45) is 8.01. The quantitative estimate of drug-likeness (QED) is 0.170. The summed E-state index contributed by atoms with van der Waals surface area (Å²) in [5.41, 5.74) is 0. The Balaban J connectivity index is 2.65. The van der Waals surface area contributed by atoms with Crippen LogP contribution in [0.15, 0.2) is 0 Å². The van der Waals surface area contributed by atoms with Crippen molar-refractivity contribution in [1.82, 2.24) is 5.34 Å². The zero-order chi connectivity index (χ0) is 6.24. The van der Waals surface area contributed by atoms with Gasteiger partial charge in [-0.3, -0.25) is 5.84 Å². The maximum Gasteiger partial charge on any atom is 0.218 e. The second-order valence-electron chi connectivity index (χ2n) is 1.62. The highest BCUT2D eigenvalue weighted by molar-refractivity contribution is 6.31. The molecule has 0 saturated heterocycles. The number of unbranched alkanes of at least 4 members (excludes halogenated alkanes) is 1. The van der Waals surface area contributed by atoms with Crippen LogP contribution in [0.1, 0.15) is 12.8 Å². The van der Waals surface area contributed by atoms with Crippen molar-refractivity contribution in [2.24, 2.45) is 5.84 Å². The van der Waals surface area contributed by atoms with Crippen molar-refractivity contribution in [2.75, 3.05) is 0 Å².